The van der Waals surface area contributed by atoms with Gasteiger partial charge in [0.1, 0.15) is 5.75 Å². The summed E-state index contributed by atoms with van der Waals surface area (Å²) in [6, 6.07) is 8.14. The van der Waals surface area contributed by atoms with E-state index in [-0.39, 0.29) is 16.5 Å². The summed E-state index contributed by atoms with van der Waals surface area (Å²) < 4.78 is 39.6. The topological polar surface area (TPSA) is 44.3 Å². The average Bonchev–Trinajstić information content (AvgIpc) is 2.44. The minimum atomic E-state index is -4.48. The van der Waals surface area contributed by atoms with E-state index < -0.39 is 11.7 Å². The minimum absolute atomic E-state index is 0.00816. The molecule has 0 radical (unpaired) electrons. The fourth-order valence-corrected chi connectivity index (χ4v) is 3.18. The summed E-state index contributed by atoms with van der Waals surface area (Å²) in [6.07, 6.45) is -4.48. The lowest BCUT2D eigenvalue weighted by atomic mass is 10.1. The Morgan fingerprint density at radius 1 is 1.04 bits per heavy atom. The van der Waals surface area contributed by atoms with E-state index in [1.807, 2.05) is 0 Å². The minimum Gasteiger partial charge on any atom is -0.506 e. The zero-order valence-electron chi connectivity index (χ0n) is 11.2. The molecule has 0 aromatic heterocycles. The molecule has 23 heavy (non-hydrogen) atoms. The number of aromatic hydroxyl groups is 1. The largest absolute Gasteiger partial charge is 0.506 e. The maximum atomic E-state index is 12.9. The molecule has 0 fully saturated rings. The molecule has 0 aliphatic carbocycles. The van der Waals surface area contributed by atoms with Crippen molar-refractivity contribution < 1.29 is 18.3 Å². The summed E-state index contributed by atoms with van der Waals surface area (Å²) in [6.45, 7) is 0. The normalized spacial score (nSPS) is 11.2. The van der Waals surface area contributed by atoms with E-state index in [2.05, 4.69) is 42.5 Å². The van der Waals surface area contributed by atoms with Gasteiger partial charge in [-0.15, -0.1) is 0 Å². The van der Waals surface area contributed by atoms with Gasteiger partial charge in [0.25, 0.3) is 0 Å². The van der Waals surface area contributed by atoms with Gasteiger partial charge in [-0.1, -0.05) is 12.1 Å². The highest BCUT2D eigenvalue weighted by Gasteiger charge is 2.33. The van der Waals surface area contributed by atoms with E-state index in [0.29, 0.717) is 14.6 Å². The summed E-state index contributed by atoms with van der Waals surface area (Å²) >= 11 is 11.4. The SMILES string of the molecule is Oc1c(Br)cc(NC(=S)Nc2ccccc2C(F)(F)F)cc1Br. The summed E-state index contributed by atoms with van der Waals surface area (Å²) in [5.41, 5.74) is -0.463. The van der Waals surface area contributed by atoms with Gasteiger partial charge >= 0.3 is 6.18 Å². The molecule has 0 saturated carbocycles. The van der Waals surface area contributed by atoms with Gasteiger partial charge in [-0.25, -0.2) is 0 Å². The van der Waals surface area contributed by atoms with Crippen LogP contribution in [0.25, 0.3) is 0 Å². The fraction of sp³-hybridized carbons (Fsp3) is 0.0714. The highest BCUT2D eigenvalue weighted by molar-refractivity contribution is 9.11. The zero-order chi connectivity index (χ0) is 17.2. The number of halogens is 5. The van der Waals surface area contributed by atoms with Crippen molar-refractivity contribution in [3.63, 3.8) is 0 Å². The van der Waals surface area contributed by atoms with Gasteiger partial charge in [-0.3, -0.25) is 0 Å². The number of rotatable bonds is 2. The molecule has 0 atom stereocenters. The molecule has 0 amide bonds. The van der Waals surface area contributed by atoms with E-state index >= 15 is 0 Å². The van der Waals surface area contributed by atoms with Crippen molar-refractivity contribution in [1.29, 1.82) is 0 Å². The van der Waals surface area contributed by atoms with E-state index in [4.69, 9.17) is 12.2 Å². The fourth-order valence-electron chi connectivity index (χ4n) is 1.76. The standard InChI is InChI=1S/C14H9Br2F3N2OS/c15-9-5-7(6-10(16)12(9)22)20-13(23)21-11-4-2-1-3-8(11)14(17,18)19/h1-6,22H,(H2,20,21,23). The number of benzene rings is 2. The van der Waals surface area contributed by atoms with Gasteiger partial charge < -0.3 is 15.7 Å². The van der Waals surface area contributed by atoms with Crippen LogP contribution in [0.1, 0.15) is 5.56 Å². The Balaban J connectivity index is 2.18. The number of hydrogen-bond acceptors (Lipinski definition) is 2. The van der Waals surface area contributed by atoms with Crippen LogP contribution in [-0.4, -0.2) is 10.2 Å². The highest BCUT2D eigenvalue weighted by Crippen LogP contribution is 2.36. The van der Waals surface area contributed by atoms with Crippen LogP contribution < -0.4 is 10.6 Å². The van der Waals surface area contributed by atoms with Crippen molar-refractivity contribution in [3.05, 3.63) is 50.9 Å². The predicted molar refractivity (Wildman–Crippen MR) is 94.8 cm³/mol. The molecule has 9 heteroatoms. The molecule has 3 N–H and O–H groups in total. The average molecular weight is 470 g/mol. The van der Waals surface area contributed by atoms with Gasteiger partial charge in [0.05, 0.1) is 20.2 Å². The van der Waals surface area contributed by atoms with Crippen LogP contribution >= 0.6 is 44.1 Å². The molecule has 2 aromatic carbocycles. The second-order valence-electron chi connectivity index (χ2n) is 4.41. The molecule has 0 saturated heterocycles. The third kappa shape index (κ3) is 4.58. The Morgan fingerprint density at radius 3 is 2.17 bits per heavy atom. The third-order valence-electron chi connectivity index (χ3n) is 2.76. The smallest absolute Gasteiger partial charge is 0.418 e. The Bertz CT molecular complexity index is 730. The van der Waals surface area contributed by atoms with Crippen LogP contribution in [-0.2, 0) is 6.18 Å². The first-order valence-corrected chi connectivity index (χ1v) is 8.10. The van der Waals surface area contributed by atoms with Crippen LogP contribution in [0, 0.1) is 0 Å². The summed E-state index contributed by atoms with van der Waals surface area (Å²) in [7, 11) is 0. The number of nitrogens with one attached hydrogen (secondary N) is 2. The van der Waals surface area contributed by atoms with Crippen molar-refractivity contribution in [2.75, 3.05) is 10.6 Å². The molecular formula is C14H9Br2F3N2OS. The lowest BCUT2D eigenvalue weighted by molar-refractivity contribution is -0.136. The molecule has 0 unspecified atom stereocenters. The molecule has 3 nitrogen and oxygen atoms in total. The molecule has 0 aliphatic heterocycles. The number of hydrogen-bond donors (Lipinski definition) is 3. The van der Waals surface area contributed by atoms with Crippen LogP contribution in [0.2, 0.25) is 0 Å². The first-order valence-electron chi connectivity index (χ1n) is 6.10. The number of phenolic OH excluding ortho intramolecular Hbond substituents is 1. The number of phenols is 1. The number of alkyl halides is 3. The predicted octanol–water partition coefficient (Wildman–Crippen LogP) is 5.74. The Kier molecular flexibility index (Phi) is 5.53. The van der Waals surface area contributed by atoms with Gasteiger partial charge in [0.15, 0.2) is 5.11 Å². The maximum Gasteiger partial charge on any atom is 0.418 e. The molecule has 0 bridgehead atoms. The monoisotopic (exact) mass is 468 g/mol. The van der Waals surface area contributed by atoms with E-state index in [1.54, 1.807) is 12.1 Å². The van der Waals surface area contributed by atoms with Gasteiger partial charge in [-0.05, 0) is 68.3 Å². The Morgan fingerprint density at radius 2 is 1.61 bits per heavy atom. The van der Waals surface area contributed by atoms with Crippen molar-refractivity contribution in [2.24, 2.45) is 0 Å². The highest BCUT2D eigenvalue weighted by atomic mass is 79.9. The molecular weight excluding hydrogens is 461 g/mol. The van der Waals surface area contributed by atoms with Crippen molar-refractivity contribution in [1.82, 2.24) is 0 Å². The van der Waals surface area contributed by atoms with Crippen LogP contribution in [0.4, 0.5) is 24.5 Å². The van der Waals surface area contributed by atoms with E-state index in [1.165, 1.54) is 18.2 Å². The van der Waals surface area contributed by atoms with Gasteiger partial charge in [-0.2, -0.15) is 13.2 Å². The van der Waals surface area contributed by atoms with Crippen LogP contribution in [0.15, 0.2) is 45.3 Å². The third-order valence-corrected chi connectivity index (χ3v) is 4.17. The van der Waals surface area contributed by atoms with Crippen molar-refractivity contribution in [2.45, 2.75) is 6.18 Å². The Labute approximate surface area is 152 Å². The Hall–Kier alpha value is -1.32. The summed E-state index contributed by atoms with van der Waals surface area (Å²) in [5.74, 6) is 0.0110. The van der Waals surface area contributed by atoms with E-state index in [9.17, 15) is 18.3 Å². The summed E-state index contributed by atoms with van der Waals surface area (Å²) in [5, 5.41) is 14.9. The van der Waals surface area contributed by atoms with E-state index in [0.717, 1.165) is 6.07 Å². The maximum absolute atomic E-state index is 12.9. The quantitative estimate of drug-likeness (QED) is 0.387. The first kappa shape index (κ1) is 18.0. The second-order valence-corrected chi connectivity index (χ2v) is 6.53. The molecule has 0 aliphatic rings. The molecule has 122 valence electrons. The van der Waals surface area contributed by atoms with Crippen molar-refractivity contribution in [3.8, 4) is 5.75 Å². The van der Waals surface area contributed by atoms with Gasteiger partial charge in [0.2, 0.25) is 0 Å². The number of para-hydroxylation sites is 1. The van der Waals surface area contributed by atoms with Crippen molar-refractivity contribution >= 4 is 60.6 Å². The number of anilines is 2. The lowest BCUT2D eigenvalue weighted by Crippen LogP contribution is -2.21. The second kappa shape index (κ2) is 7.06. The molecule has 2 rings (SSSR count). The van der Waals surface area contributed by atoms with Gasteiger partial charge in [0, 0.05) is 5.69 Å². The summed E-state index contributed by atoms with van der Waals surface area (Å²) in [4.78, 5) is 0. The lowest BCUT2D eigenvalue weighted by Gasteiger charge is -2.16. The molecule has 0 spiro atoms. The number of thiocarbonyl (C=S) groups is 1. The molecule has 0 heterocycles. The van der Waals surface area contributed by atoms with Crippen LogP contribution in [0.5, 0.6) is 5.75 Å². The molecule has 2 aromatic rings. The first-order chi connectivity index (χ1) is 10.7. The zero-order valence-corrected chi connectivity index (χ0v) is 15.2. The van der Waals surface area contributed by atoms with Crippen LogP contribution in [0.3, 0.4) is 0 Å².